The molecule has 0 unspecified atom stereocenters. The third-order valence-corrected chi connectivity index (χ3v) is 14.5. The van der Waals surface area contributed by atoms with Crippen LogP contribution < -0.4 is 39.0 Å². The summed E-state index contributed by atoms with van der Waals surface area (Å²) < 4.78 is 130. The maximum atomic E-state index is 12.9. The molecular formula is C68H62F9N2NaO8. The van der Waals surface area contributed by atoms with E-state index in [9.17, 15) is 53.9 Å². The van der Waals surface area contributed by atoms with E-state index in [2.05, 4.69) is 15.9 Å². The molecule has 10 nitrogen and oxygen atoms in total. The minimum atomic E-state index is -4.34. The van der Waals surface area contributed by atoms with Crippen LogP contribution in [-0.4, -0.2) is 84.6 Å². The molecule has 0 saturated carbocycles. The van der Waals surface area contributed by atoms with Gasteiger partial charge in [-0.05, 0) is 178 Å². The minimum absolute atomic E-state index is 0. The number of rotatable bonds is 15. The fourth-order valence-corrected chi connectivity index (χ4v) is 10.0. The number of carbonyl (C=O) groups is 3. The van der Waals surface area contributed by atoms with Crippen molar-refractivity contribution in [3.05, 3.63) is 238 Å². The molecule has 2 heterocycles. The SMILES string of the molecule is CCOC(=O)COc1ccc2c(c1)CCN(Cc1cccc(-c3ccc(C(F)(F)F)cc3)c1)CC2.O=C(O)COc1ccc2c(c1)CCN(Cc1cccc(-c3ccc(C(F)(F)F)cc3)c1)CC2.O=Cc1cccc(-c2ccc(C(F)(F)F)cc2)c1.[Na+].[OH-]. The number of carboxylic acid groups (broad SMARTS) is 1. The molecule has 0 spiro atoms. The van der Waals surface area contributed by atoms with E-state index in [1.165, 1.54) is 58.7 Å². The number of aldehydes is 1. The van der Waals surface area contributed by atoms with Gasteiger partial charge >= 0.3 is 60.0 Å². The zero-order chi connectivity index (χ0) is 61.4. The van der Waals surface area contributed by atoms with Gasteiger partial charge in [0, 0.05) is 44.8 Å². The number of hydrogen-bond acceptors (Lipinski definition) is 9. The quantitative estimate of drug-likeness (QED) is 0.0457. The summed E-state index contributed by atoms with van der Waals surface area (Å²) in [6.45, 7) is 6.63. The number of carbonyl (C=O) groups excluding carboxylic acids is 2. The van der Waals surface area contributed by atoms with Crippen LogP contribution in [0.3, 0.4) is 0 Å². The first-order valence-corrected chi connectivity index (χ1v) is 27.7. The molecule has 0 saturated heterocycles. The van der Waals surface area contributed by atoms with Gasteiger partial charge in [-0.25, -0.2) is 9.59 Å². The van der Waals surface area contributed by atoms with Gasteiger partial charge in [0.2, 0.25) is 0 Å². The second-order valence-electron chi connectivity index (χ2n) is 20.6. The summed E-state index contributed by atoms with van der Waals surface area (Å²) in [6, 6.07) is 49.6. The van der Waals surface area contributed by atoms with Crippen molar-refractivity contribution in [2.24, 2.45) is 0 Å². The number of esters is 1. The van der Waals surface area contributed by atoms with Crippen LogP contribution in [0, 0.1) is 0 Å². The van der Waals surface area contributed by atoms with Crippen molar-refractivity contribution in [1.82, 2.24) is 9.80 Å². The van der Waals surface area contributed by atoms with Crippen LogP contribution in [-0.2, 0) is 71.6 Å². The van der Waals surface area contributed by atoms with E-state index in [1.54, 1.807) is 31.2 Å². The molecule has 20 heteroatoms. The van der Waals surface area contributed by atoms with Gasteiger partial charge in [-0.1, -0.05) is 103 Å². The average molecular weight is 1230 g/mol. The van der Waals surface area contributed by atoms with Crippen LogP contribution in [0.1, 0.15) is 67.4 Å². The molecule has 0 aromatic heterocycles. The van der Waals surface area contributed by atoms with Crippen molar-refractivity contribution in [3.8, 4) is 44.9 Å². The van der Waals surface area contributed by atoms with Crippen LogP contribution >= 0.6 is 0 Å². The Morgan fingerprint density at radius 2 is 0.830 bits per heavy atom. The van der Waals surface area contributed by atoms with E-state index in [1.807, 2.05) is 78.9 Å². The number of nitrogens with zero attached hydrogens (tertiary/aromatic N) is 2. The first kappa shape index (κ1) is 69.3. The van der Waals surface area contributed by atoms with Crippen LogP contribution in [0.15, 0.2) is 182 Å². The maximum absolute atomic E-state index is 12.9. The molecule has 0 bridgehead atoms. The van der Waals surface area contributed by atoms with E-state index < -0.39 is 41.2 Å². The van der Waals surface area contributed by atoms with Crippen LogP contribution in [0.4, 0.5) is 39.5 Å². The molecule has 0 aliphatic carbocycles. The van der Waals surface area contributed by atoms with Crippen molar-refractivity contribution in [2.75, 3.05) is 46.0 Å². The summed E-state index contributed by atoms with van der Waals surface area (Å²) in [7, 11) is 0. The summed E-state index contributed by atoms with van der Waals surface area (Å²) in [4.78, 5) is 37.6. The molecule has 2 N–H and O–H groups in total. The van der Waals surface area contributed by atoms with Crippen molar-refractivity contribution in [2.45, 2.75) is 64.2 Å². The van der Waals surface area contributed by atoms with Crippen LogP contribution in [0.25, 0.3) is 33.4 Å². The topological polar surface area (TPSA) is 136 Å². The van der Waals surface area contributed by atoms with Gasteiger partial charge in [0.05, 0.1) is 23.3 Å². The van der Waals surface area contributed by atoms with E-state index >= 15 is 0 Å². The minimum Gasteiger partial charge on any atom is -0.870 e. The first-order valence-electron chi connectivity index (χ1n) is 27.7. The van der Waals surface area contributed by atoms with Gasteiger partial charge in [-0.3, -0.25) is 14.6 Å². The van der Waals surface area contributed by atoms with Crippen molar-refractivity contribution in [1.29, 1.82) is 0 Å². The Morgan fingerprint density at radius 1 is 0.466 bits per heavy atom. The van der Waals surface area contributed by atoms with E-state index in [-0.39, 0.29) is 54.2 Å². The average Bonchev–Trinajstić information content (AvgIpc) is 3.65. The molecule has 10 rings (SSSR count). The van der Waals surface area contributed by atoms with Gasteiger partial charge < -0.3 is 24.8 Å². The van der Waals surface area contributed by atoms with Gasteiger partial charge in [-0.15, -0.1) is 0 Å². The second kappa shape index (κ2) is 31.9. The Labute approximate surface area is 526 Å². The number of aliphatic carboxylic acids is 1. The number of benzene rings is 8. The Balaban J connectivity index is 0.000000218. The Bertz CT molecular complexity index is 3580. The molecule has 0 atom stereocenters. The molecule has 2 aliphatic rings. The third-order valence-electron chi connectivity index (χ3n) is 14.5. The Morgan fingerprint density at radius 3 is 1.19 bits per heavy atom. The van der Waals surface area contributed by atoms with E-state index in [0.717, 1.165) is 135 Å². The van der Waals surface area contributed by atoms with E-state index in [0.29, 0.717) is 41.1 Å². The molecule has 0 amide bonds. The van der Waals surface area contributed by atoms with Crippen molar-refractivity contribution < 1.29 is 108 Å². The van der Waals surface area contributed by atoms with Gasteiger partial charge in [-0.2, -0.15) is 39.5 Å². The third kappa shape index (κ3) is 20.4. The number of ether oxygens (including phenoxy) is 3. The molecular weight excluding hydrogens is 1170 g/mol. The molecule has 2 aliphatic heterocycles. The fraction of sp³-hybridized carbons (Fsp3) is 0.250. The Kier molecular flexibility index (Phi) is 25.1. The summed E-state index contributed by atoms with van der Waals surface area (Å²) in [6.07, 6.45) is -8.81. The molecule has 88 heavy (non-hydrogen) atoms. The van der Waals surface area contributed by atoms with Crippen molar-refractivity contribution in [3.63, 3.8) is 0 Å². The van der Waals surface area contributed by atoms with E-state index in [4.69, 9.17) is 19.3 Å². The summed E-state index contributed by atoms with van der Waals surface area (Å²) >= 11 is 0. The standard InChI is InChI=1S/C28H28F3NO3.C26H24F3NO3.C14H9F3O.Na.H2O/c1-2-34-27(33)19-35-26-11-8-22-12-14-32(15-13-24(22)17-26)18-20-4-3-5-23(16-20)21-6-9-25(10-7-21)28(29,30)31;27-26(28,29)23-7-4-19(5-8-23)21-3-1-2-18(14-21)16-30-12-10-20-6-9-24(33-17-25(31)32)15-22(20)11-13-30;15-14(16,17)13-6-4-11(5-7-13)12-3-1-2-10(8-12)9-18;;/h3-11,16-17H,2,12-15,18-19H2,1H3;1-9,14-15H,10-13,16-17H2,(H,31,32);1-9H;;1H2/q;;;+1;/p-1. The Hall–Kier alpha value is -7.78. The van der Waals surface area contributed by atoms with Crippen LogP contribution in [0.5, 0.6) is 11.5 Å². The number of carboxylic acids is 1. The maximum Gasteiger partial charge on any atom is 1.00 e. The number of hydrogen-bond donors (Lipinski definition) is 1. The van der Waals surface area contributed by atoms with Gasteiger partial charge in [0.25, 0.3) is 0 Å². The summed E-state index contributed by atoms with van der Waals surface area (Å²) in [5.41, 5.74) is 10.3. The first-order chi connectivity index (χ1) is 41.1. The zero-order valence-corrected chi connectivity index (χ0v) is 50.2. The number of alkyl halides is 9. The molecule has 456 valence electrons. The smallest absolute Gasteiger partial charge is 0.870 e. The van der Waals surface area contributed by atoms with Gasteiger partial charge in [0.1, 0.15) is 17.8 Å². The predicted molar refractivity (Wildman–Crippen MR) is 311 cm³/mol. The zero-order valence-electron chi connectivity index (χ0n) is 48.2. The fourth-order valence-electron chi connectivity index (χ4n) is 10.0. The molecule has 0 radical (unpaired) electrons. The second-order valence-corrected chi connectivity index (χ2v) is 20.6. The van der Waals surface area contributed by atoms with Crippen molar-refractivity contribution >= 4 is 18.2 Å². The number of halogens is 9. The largest absolute Gasteiger partial charge is 1.00 e. The normalized spacial score (nSPS) is 13.3. The predicted octanol–water partition coefficient (Wildman–Crippen LogP) is 12.4. The van der Waals surface area contributed by atoms with Gasteiger partial charge in [0.15, 0.2) is 13.2 Å². The summed E-state index contributed by atoms with van der Waals surface area (Å²) in [5, 5.41) is 8.79. The van der Waals surface area contributed by atoms with Crippen LogP contribution in [0.2, 0.25) is 0 Å². The molecule has 8 aromatic rings. The summed E-state index contributed by atoms with van der Waals surface area (Å²) in [5.74, 6) is -0.162. The number of fused-ring (bicyclic) bond motifs is 2. The monoisotopic (exact) mass is 1230 g/mol. The molecule has 8 aromatic carbocycles. The molecule has 0 fully saturated rings.